The predicted molar refractivity (Wildman–Crippen MR) is 114 cm³/mol. The van der Waals surface area contributed by atoms with E-state index in [9.17, 15) is 20.2 Å². The maximum atomic E-state index is 10.7. The predicted octanol–water partition coefficient (Wildman–Crippen LogP) is 6.08. The van der Waals surface area contributed by atoms with Crippen molar-refractivity contribution in [3.63, 3.8) is 0 Å². The molecule has 0 bridgehead atoms. The maximum Gasteiger partial charge on any atom is 0.273 e. The molecule has 0 radical (unpaired) electrons. The number of nitrogens with zero attached hydrogens (tertiary/aromatic N) is 2. The molecule has 0 atom stereocenters. The lowest BCUT2D eigenvalue weighted by atomic mass is 10.1. The molecule has 8 heteroatoms. The van der Waals surface area contributed by atoms with E-state index in [-0.39, 0.29) is 11.4 Å². The minimum atomic E-state index is -0.424. The first kappa shape index (κ1) is 23.1. The first-order chi connectivity index (χ1) is 14.6. The zero-order valence-electron chi connectivity index (χ0n) is 17.0. The van der Waals surface area contributed by atoms with Crippen LogP contribution in [0.15, 0.2) is 48.5 Å². The number of hydrogen-bond acceptors (Lipinski definition) is 6. The summed E-state index contributed by atoms with van der Waals surface area (Å²) in [6.45, 7) is 1.13. The molecule has 0 unspecified atom stereocenters. The first-order valence-electron chi connectivity index (χ1n) is 10.3. The van der Waals surface area contributed by atoms with E-state index in [1.807, 2.05) is 0 Å². The van der Waals surface area contributed by atoms with E-state index in [2.05, 4.69) is 0 Å². The Bertz CT molecular complexity index is 744. The molecule has 0 saturated heterocycles. The van der Waals surface area contributed by atoms with Crippen molar-refractivity contribution in [3.05, 3.63) is 68.8 Å². The van der Waals surface area contributed by atoms with E-state index in [0.717, 1.165) is 38.5 Å². The number of nitro benzene ring substituents is 2. The summed E-state index contributed by atoms with van der Waals surface area (Å²) in [4.78, 5) is 20.6. The second-order valence-corrected chi connectivity index (χ2v) is 7.03. The highest BCUT2D eigenvalue weighted by Crippen LogP contribution is 2.20. The van der Waals surface area contributed by atoms with Crippen molar-refractivity contribution in [1.29, 1.82) is 0 Å². The van der Waals surface area contributed by atoms with Crippen molar-refractivity contribution in [1.82, 2.24) is 0 Å². The minimum Gasteiger partial charge on any atom is -0.493 e. The Morgan fingerprint density at radius 3 is 1.33 bits per heavy atom. The summed E-state index contributed by atoms with van der Waals surface area (Å²) < 4.78 is 11.1. The van der Waals surface area contributed by atoms with Gasteiger partial charge in [-0.2, -0.15) is 0 Å². The molecular formula is C22H28N2O6. The summed E-state index contributed by atoms with van der Waals surface area (Å²) in [6, 6.07) is 12.5. The zero-order chi connectivity index (χ0) is 21.6. The Balaban J connectivity index is 1.42. The topological polar surface area (TPSA) is 105 Å². The van der Waals surface area contributed by atoms with E-state index in [1.165, 1.54) is 37.1 Å². The van der Waals surface area contributed by atoms with Gasteiger partial charge in [-0.15, -0.1) is 0 Å². The molecule has 0 aromatic heterocycles. The number of ether oxygens (including phenoxy) is 2. The zero-order valence-corrected chi connectivity index (χ0v) is 17.0. The molecule has 0 heterocycles. The standard InChI is InChI=1S/C22H28N2O6/c25-23(26)19-11-9-13-21(17-19)29-15-7-5-3-1-2-4-6-8-16-30-22-14-10-12-20(18-22)24(27)28/h9-14,17-18H,1-8,15-16H2. The summed E-state index contributed by atoms with van der Waals surface area (Å²) in [5.41, 5.74) is 0.0889. The van der Waals surface area contributed by atoms with Crippen LogP contribution in [0.5, 0.6) is 11.5 Å². The van der Waals surface area contributed by atoms with Crippen molar-refractivity contribution < 1.29 is 19.3 Å². The average Bonchev–Trinajstić information content (AvgIpc) is 2.75. The van der Waals surface area contributed by atoms with Crippen molar-refractivity contribution in [2.45, 2.75) is 51.4 Å². The van der Waals surface area contributed by atoms with Gasteiger partial charge in [0, 0.05) is 12.1 Å². The van der Waals surface area contributed by atoms with Crippen molar-refractivity contribution >= 4 is 11.4 Å². The molecule has 0 aliphatic heterocycles. The van der Waals surface area contributed by atoms with Crippen LogP contribution in [-0.4, -0.2) is 23.1 Å². The molecule has 0 aliphatic carbocycles. The van der Waals surface area contributed by atoms with E-state index in [1.54, 1.807) is 24.3 Å². The Hall–Kier alpha value is -3.16. The molecular weight excluding hydrogens is 388 g/mol. The van der Waals surface area contributed by atoms with Crippen LogP contribution in [0.3, 0.4) is 0 Å². The molecule has 0 fully saturated rings. The van der Waals surface area contributed by atoms with Gasteiger partial charge in [-0.1, -0.05) is 50.7 Å². The van der Waals surface area contributed by atoms with Crippen LogP contribution < -0.4 is 9.47 Å². The molecule has 2 aromatic carbocycles. The van der Waals surface area contributed by atoms with Crippen molar-refractivity contribution in [2.75, 3.05) is 13.2 Å². The quantitative estimate of drug-likeness (QED) is 0.198. The second-order valence-electron chi connectivity index (χ2n) is 7.03. The van der Waals surface area contributed by atoms with Crippen LogP contribution >= 0.6 is 0 Å². The summed E-state index contributed by atoms with van der Waals surface area (Å²) in [7, 11) is 0. The number of nitro groups is 2. The summed E-state index contributed by atoms with van der Waals surface area (Å²) in [6.07, 6.45) is 8.63. The molecule has 0 N–H and O–H groups in total. The van der Waals surface area contributed by atoms with Crippen molar-refractivity contribution in [2.24, 2.45) is 0 Å². The van der Waals surface area contributed by atoms with Crippen LogP contribution in [0.25, 0.3) is 0 Å². The minimum absolute atomic E-state index is 0.0444. The van der Waals surface area contributed by atoms with E-state index in [0.29, 0.717) is 24.7 Å². The summed E-state index contributed by atoms with van der Waals surface area (Å²) in [5, 5.41) is 21.5. The van der Waals surface area contributed by atoms with Crippen molar-refractivity contribution in [3.8, 4) is 11.5 Å². The third-order valence-corrected chi connectivity index (χ3v) is 4.63. The van der Waals surface area contributed by atoms with Gasteiger partial charge in [-0.3, -0.25) is 20.2 Å². The summed E-state index contributed by atoms with van der Waals surface area (Å²) in [5.74, 6) is 1.08. The molecule has 8 nitrogen and oxygen atoms in total. The van der Waals surface area contributed by atoms with Crippen LogP contribution in [0.2, 0.25) is 0 Å². The number of hydrogen-bond donors (Lipinski definition) is 0. The van der Waals surface area contributed by atoms with E-state index >= 15 is 0 Å². The fourth-order valence-corrected chi connectivity index (χ4v) is 3.02. The SMILES string of the molecule is O=[N+]([O-])c1cccc(OCCCCCCCCCCOc2cccc([N+](=O)[O-])c2)c1. The molecule has 30 heavy (non-hydrogen) atoms. The molecule has 0 spiro atoms. The van der Waals surface area contributed by atoms with Crippen LogP contribution in [0.4, 0.5) is 11.4 Å². The van der Waals surface area contributed by atoms with E-state index < -0.39 is 9.85 Å². The lowest BCUT2D eigenvalue weighted by Gasteiger charge is -2.07. The Labute approximate surface area is 176 Å². The number of non-ortho nitro benzene ring substituents is 2. The van der Waals surface area contributed by atoms with E-state index in [4.69, 9.17) is 9.47 Å². The molecule has 0 saturated carbocycles. The highest BCUT2D eigenvalue weighted by molar-refractivity contribution is 5.38. The molecule has 0 aliphatic rings. The molecule has 2 rings (SSSR count). The number of benzene rings is 2. The fraction of sp³-hybridized carbons (Fsp3) is 0.455. The normalized spacial score (nSPS) is 10.5. The Kier molecular flexibility index (Phi) is 10.1. The van der Waals surface area contributed by atoms with Gasteiger partial charge in [0.05, 0.1) is 35.2 Å². The van der Waals surface area contributed by atoms with Crippen LogP contribution in [0, 0.1) is 20.2 Å². The van der Waals surface area contributed by atoms with Crippen LogP contribution in [-0.2, 0) is 0 Å². The lowest BCUT2D eigenvalue weighted by molar-refractivity contribution is -0.385. The maximum absolute atomic E-state index is 10.7. The van der Waals surface area contributed by atoms with Gasteiger partial charge in [0.25, 0.3) is 11.4 Å². The van der Waals surface area contributed by atoms with Gasteiger partial charge in [0.1, 0.15) is 11.5 Å². The smallest absolute Gasteiger partial charge is 0.273 e. The first-order valence-corrected chi connectivity index (χ1v) is 10.3. The third kappa shape index (κ3) is 8.89. The van der Waals surface area contributed by atoms with Gasteiger partial charge in [0.2, 0.25) is 0 Å². The Morgan fingerprint density at radius 1 is 0.600 bits per heavy atom. The Morgan fingerprint density at radius 2 is 0.967 bits per heavy atom. The lowest BCUT2D eigenvalue weighted by Crippen LogP contribution is -1.98. The third-order valence-electron chi connectivity index (χ3n) is 4.63. The number of rotatable bonds is 15. The second kappa shape index (κ2) is 13.1. The average molecular weight is 416 g/mol. The fourth-order valence-electron chi connectivity index (χ4n) is 3.02. The largest absolute Gasteiger partial charge is 0.493 e. The van der Waals surface area contributed by atoms with Gasteiger partial charge < -0.3 is 9.47 Å². The molecule has 2 aromatic rings. The van der Waals surface area contributed by atoms with Gasteiger partial charge in [-0.05, 0) is 25.0 Å². The highest BCUT2D eigenvalue weighted by Gasteiger charge is 2.07. The van der Waals surface area contributed by atoms with Gasteiger partial charge in [-0.25, -0.2) is 0 Å². The van der Waals surface area contributed by atoms with Gasteiger partial charge in [0.15, 0.2) is 0 Å². The monoisotopic (exact) mass is 416 g/mol. The number of unbranched alkanes of at least 4 members (excludes halogenated alkanes) is 7. The van der Waals surface area contributed by atoms with Crippen LogP contribution in [0.1, 0.15) is 51.4 Å². The summed E-state index contributed by atoms with van der Waals surface area (Å²) >= 11 is 0. The molecule has 162 valence electrons. The van der Waals surface area contributed by atoms with Gasteiger partial charge >= 0.3 is 0 Å². The highest BCUT2D eigenvalue weighted by atomic mass is 16.6. The molecule has 0 amide bonds.